The van der Waals surface area contributed by atoms with Gasteiger partial charge in [-0.15, -0.1) is 0 Å². The molecule has 0 saturated carbocycles. The number of aryl methyl sites for hydroxylation is 1. The molecule has 4 heterocycles. The number of aromatic nitrogens is 2. The van der Waals surface area contributed by atoms with E-state index in [1.54, 1.807) is 0 Å². The molecule has 3 saturated heterocycles. The quantitative estimate of drug-likeness (QED) is 0.388. The molecule has 3 aliphatic rings. The summed E-state index contributed by atoms with van der Waals surface area (Å²) in [6.45, 7) is 7.55. The molecule has 3 fully saturated rings. The number of alkyl halides is 9. The molecule has 1 aromatic rings. The first kappa shape index (κ1) is 40.1. The van der Waals surface area contributed by atoms with E-state index in [2.05, 4.69) is 43.7 Å². The van der Waals surface area contributed by atoms with Crippen LogP contribution in [0.3, 0.4) is 0 Å². The normalized spacial score (nSPS) is 21.9. The number of halogens is 9. The summed E-state index contributed by atoms with van der Waals surface area (Å²) in [5, 5.41) is 21.4. The molecule has 13 nitrogen and oxygen atoms in total. The lowest BCUT2D eigenvalue weighted by Gasteiger charge is -2.36. The number of carboxylic acids is 3. The minimum atomic E-state index is -5.08. The highest BCUT2D eigenvalue weighted by atomic mass is 19.4. The van der Waals surface area contributed by atoms with Crippen molar-refractivity contribution in [3.05, 3.63) is 18.0 Å². The number of rotatable bonds is 2. The van der Waals surface area contributed by atoms with Crippen LogP contribution in [0.5, 0.6) is 0 Å². The second-order valence-electron chi connectivity index (χ2n) is 10.2. The molecule has 0 spiro atoms. The molecule has 4 rings (SSSR count). The van der Waals surface area contributed by atoms with Gasteiger partial charge in [-0.2, -0.15) is 39.5 Å². The van der Waals surface area contributed by atoms with Crippen LogP contribution in [-0.4, -0.2) is 148 Å². The number of aliphatic carboxylic acids is 3. The van der Waals surface area contributed by atoms with Crippen LogP contribution in [0.15, 0.2) is 12.4 Å². The number of carbonyl (C=O) groups is 4. The van der Waals surface area contributed by atoms with E-state index in [1.165, 1.54) is 0 Å². The predicted molar refractivity (Wildman–Crippen MR) is 138 cm³/mol. The van der Waals surface area contributed by atoms with Crippen molar-refractivity contribution < 1.29 is 74.0 Å². The first-order valence-electron chi connectivity index (χ1n) is 13.0. The van der Waals surface area contributed by atoms with Crippen molar-refractivity contribution >= 4 is 29.8 Å². The Morgan fingerprint density at radius 3 is 1.48 bits per heavy atom. The lowest BCUT2D eigenvalue weighted by molar-refractivity contribution is -0.193. The van der Waals surface area contributed by atoms with Gasteiger partial charge < -0.3 is 30.0 Å². The van der Waals surface area contributed by atoms with Gasteiger partial charge in [0.25, 0.3) is 0 Å². The topological polar surface area (TPSA) is 168 Å². The van der Waals surface area contributed by atoms with Gasteiger partial charge in [0.2, 0.25) is 11.9 Å². The van der Waals surface area contributed by atoms with Crippen molar-refractivity contribution in [1.29, 1.82) is 0 Å². The number of anilines is 1. The Bertz CT molecular complexity index is 1130. The smallest absolute Gasteiger partial charge is 0.475 e. The monoisotopic (exact) mass is 686 g/mol. The Labute approximate surface area is 255 Å². The molecule has 0 radical (unpaired) electrons. The van der Waals surface area contributed by atoms with Crippen molar-refractivity contribution in [2.75, 3.05) is 58.3 Å². The lowest BCUT2D eigenvalue weighted by atomic mass is 10.0. The van der Waals surface area contributed by atoms with E-state index in [4.69, 9.17) is 29.7 Å². The summed E-state index contributed by atoms with van der Waals surface area (Å²) in [6, 6.07) is 0.464. The number of fused-ring (bicyclic) bond motifs is 1. The number of piperazine rings is 1. The van der Waals surface area contributed by atoms with Gasteiger partial charge in [-0.3, -0.25) is 9.69 Å². The lowest BCUT2D eigenvalue weighted by Crippen LogP contribution is -2.53. The molecule has 1 aromatic heterocycles. The highest BCUT2D eigenvalue weighted by molar-refractivity contribution is 5.82. The van der Waals surface area contributed by atoms with Crippen molar-refractivity contribution in [2.24, 2.45) is 5.92 Å². The number of nitrogens with zero attached hydrogens (tertiary/aromatic N) is 6. The molecule has 3 aliphatic heterocycles. The number of hydrogen-bond donors (Lipinski definition) is 3. The first-order valence-corrected chi connectivity index (χ1v) is 13.0. The summed E-state index contributed by atoms with van der Waals surface area (Å²) < 4.78 is 95.2. The average Bonchev–Trinajstić information content (AvgIpc) is 3.48. The molecule has 46 heavy (non-hydrogen) atoms. The van der Waals surface area contributed by atoms with E-state index in [-0.39, 0.29) is 6.04 Å². The van der Waals surface area contributed by atoms with Crippen LogP contribution in [0.1, 0.15) is 12.0 Å². The molecule has 3 N–H and O–H groups in total. The van der Waals surface area contributed by atoms with Crippen LogP contribution < -0.4 is 4.90 Å². The number of amides is 1. The summed E-state index contributed by atoms with van der Waals surface area (Å²) in [7, 11) is 4.23. The van der Waals surface area contributed by atoms with Gasteiger partial charge in [-0.05, 0) is 38.9 Å². The van der Waals surface area contributed by atoms with Crippen molar-refractivity contribution in [3.8, 4) is 0 Å². The van der Waals surface area contributed by atoms with E-state index in [0.717, 1.165) is 57.2 Å². The van der Waals surface area contributed by atoms with Crippen LogP contribution in [0.2, 0.25) is 0 Å². The molecule has 1 amide bonds. The van der Waals surface area contributed by atoms with Crippen LogP contribution >= 0.6 is 0 Å². The summed E-state index contributed by atoms with van der Waals surface area (Å²) in [6.07, 6.45) is -10.5. The standard InChI is InChI=1S/C18H28N6O.3C2HF3O2/c1-13-9-19-18(20-10-13)24-11-14-8-15(22(3)16(14)12-24)17(25)23-6-4-21(2)5-7-23;3*3-2(4,5)1(6)7/h9-10,14-16H,4-8,11-12H2,1-3H3;3*(H,6,7)/t14-,15-,16+;;;/m1.../s1. The Morgan fingerprint density at radius 2 is 1.13 bits per heavy atom. The van der Waals surface area contributed by atoms with E-state index < -0.39 is 36.4 Å². The van der Waals surface area contributed by atoms with E-state index >= 15 is 0 Å². The minimum absolute atomic E-state index is 0.0412. The summed E-state index contributed by atoms with van der Waals surface area (Å²) >= 11 is 0. The molecule has 0 aliphatic carbocycles. The Balaban J connectivity index is 0.000000413. The first-order chi connectivity index (χ1) is 20.9. The Kier molecular flexibility index (Phi) is 14.0. The zero-order chi connectivity index (χ0) is 35.8. The second-order valence-corrected chi connectivity index (χ2v) is 10.2. The summed E-state index contributed by atoms with van der Waals surface area (Å²) in [5.74, 6) is -6.61. The number of hydrogen-bond acceptors (Lipinski definition) is 9. The third-order valence-electron chi connectivity index (χ3n) is 6.82. The number of likely N-dealkylation sites (N-methyl/N-ethyl adjacent to an activating group) is 2. The van der Waals surface area contributed by atoms with Gasteiger partial charge in [0, 0.05) is 57.7 Å². The van der Waals surface area contributed by atoms with Gasteiger partial charge in [-0.25, -0.2) is 24.4 Å². The van der Waals surface area contributed by atoms with Crippen molar-refractivity contribution in [1.82, 2.24) is 24.7 Å². The summed E-state index contributed by atoms with van der Waals surface area (Å²) in [4.78, 5) is 57.5. The van der Waals surface area contributed by atoms with Gasteiger partial charge >= 0.3 is 36.4 Å². The molecule has 262 valence electrons. The fourth-order valence-electron chi connectivity index (χ4n) is 4.46. The third-order valence-corrected chi connectivity index (χ3v) is 6.82. The zero-order valence-corrected chi connectivity index (χ0v) is 24.4. The van der Waals surface area contributed by atoms with Crippen LogP contribution in [0.4, 0.5) is 45.5 Å². The maximum Gasteiger partial charge on any atom is 0.490 e. The molecule has 22 heteroatoms. The fraction of sp³-hybridized carbons (Fsp3) is 0.667. The van der Waals surface area contributed by atoms with Crippen LogP contribution in [0, 0.1) is 12.8 Å². The van der Waals surface area contributed by atoms with E-state index in [0.29, 0.717) is 17.9 Å². The van der Waals surface area contributed by atoms with Gasteiger partial charge in [0.05, 0.1) is 6.04 Å². The third kappa shape index (κ3) is 12.4. The summed E-state index contributed by atoms with van der Waals surface area (Å²) in [5.41, 5.74) is 1.08. The van der Waals surface area contributed by atoms with Crippen LogP contribution in [0.25, 0.3) is 0 Å². The molecular weight excluding hydrogens is 655 g/mol. The predicted octanol–water partition coefficient (Wildman–Crippen LogP) is 1.97. The Hall–Kier alpha value is -3.95. The highest BCUT2D eigenvalue weighted by Crippen LogP contribution is 2.36. The van der Waals surface area contributed by atoms with Crippen LogP contribution in [-0.2, 0) is 19.2 Å². The Morgan fingerprint density at radius 1 is 0.739 bits per heavy atom. The number of carbonyl (C=O) groups excluding carboxylic acids is 1. The maximum absolute atomic E-state index is 13.0. The van der Waals surface area contributed by atoms with E-state index in [1.807, 2.05) is 19.3 Å². The molecular formula is C24H31F9N6O7. The second kappa shape index (κ2) is 16.1. The van der Waals surface area contributed by atoms with Gasteiger partial charge in [0.15, 0.2) is 0 Å². The van der Waals surface area contributed by atoms with Gasteiger partial charge in [-0.1, -0.05) is 0 Å². The molecule has 0 unspecified atom stereocenters. The van der Waals surface area contributed by atoms with Crippen molar-refractivity contribution in [2.45, 2.75) is 44.0 Å². The van der Waals surface area contributed by atoms with E-state index in [9.17, 15) is 44.3 Å². The number of likely N-dealkylation sites (tertiary alicyclic amines) is 1. The van der Waals surface area contributed by atoms with Gasteiger partial charge in [0.1, 0.15) is 0 Å². The molecule has 3 atom stereocenters. The maximum atomic E-state index is 13.0. The minimum Gasteiger partial charge on any atom is -0.475 e. The van der Waals surface area contributed by atoms with Crippen molar-refractivity contribution in [3.63, 3.8) is 0 Å². The highest BCUT2D eigenvalue weighted by Gasteiger charge is 2.48. The SMILES string of the molecule is Cc1cnc(N2C[C@H]3C[C@H](C(=O)N4CCN(C)CC4)N(C)[C@H]3C2)nc1.O=C(O)C(F)(F)F.O=C(O)C(F)(F)F.O=C(O)C(F)(F)F. The average molecular weight is 687 g/mol. The molecule has 0 bridgehead atoms. The largest absolute Gasteiger partial charge is 0.490 e. The zero-order valence-electron chi connectivity index (χ0n) is 24.4. The molecule has 0 aromatic carbocycles. The fourth-order valence-corrected chi connectivity index (χ4v) is 4.46. The number of carboxylic acid groups (broad SMARTS) is 3.